The average molecular weight is 426 g/mol. The summed E-state index contributed by atoms with van der Waals surface area (Å²) in [5.41, 5.74) is 2.65. The van der Waals surface area contributed by atoms with Crippen molar-refractivity contribution in [2.75, 3.05) is 44.8 Å². The molecule has 1 atom stereocenters. The van der Waals surface area contributed by atoms with Gasteiger partial charge in [-0.2, -0.15) is 0 Å². The van der Waals surface area contributed by atoms with Gasteiger partial charge in [-0.25, -0.2) is 19.3 Å². The van der Waals surface area contributed by atoms with Crippen LogP contribution < -0.4 is 9.64 Å². The first-order valence-electron chi connectivity index (χ1n) is 10.8. The zero-order chi connectivity index (χ0) is 21.2. The van der Waals surface area contributed by atoms with Gasteiger partial charge in [0.05, 0.1) is 26.1 Å². The Balaban J connectivity index is 1.25. The van der Waals surface area contributed by atoms with Crippen LogP contribution in [-0.2, 0) is 17.8 Å². The van der Waals surface area contributed by atoms with Gasteiger partial charge in [0.25, 0.3) is 0 Å². The SMILES string of the molecule is COc1ccc(CN2CCN(c3ncnc4c3ncn4CC3CCCO3)CC2)cc1F. The lowest BCUT2D eigenvalue weighted by molar-refractivity contribution is 0.0978. The molecule has 0 saturated carbocycles. The van der Waals surface area contributed by atoms with Crippen molar-refractivity contribution in [3.63, 3.8) is 0 Å². The number of hydrogen-bond donors (Lipinski definition) is 0. The predicted molar refractivity (Wildman–Crippen MR) is 115 cm³/mol. The van der Waals surface area contributed by atoms with E-state index in [4.69, 9.17) is 9.47 Å². The third-order valence-corrected chi connectivity index (χ3v) is 6.10. The zero-order valence-electron chi connectivity index (χ0n) is 17.7. The van der Waals surface area contributed by atoms with Crippen molar-refractivity contribution in [3.05, 3.63) is 42.2 Å². The Morgan fingerprint density at radius 2 is 2.03 bits per heavy atom. The normalized spacial score (nSPS) is 19.9. The number of nitrogens with zero attached hydrogens (tertiary/aromatic N) is 6. The number of anilines is 1. The summed E-state index contributed by atoms with van der Waals surface area (Å²) in [7, 11) is 1.48. The Bertz CT molecular complexity index is 1040. The minimum absolute atomic E-state index is 0.238. The van der Waals surface area contributed by atoms with Crippen LogP contribution in [0, 0.1) is 5.82 Å². The average Bonchev–Trinajstić information content (AvgIpc) is 3.45. The second kappa shape index (κ2) is 8.76. The summed E-state index contributed by atoms with van der Waals surface area (Å²) in [4.78, 5) is 18.2. The molecule has 2 aliphatic heterocycles. The van der Waals surface area contributed by atoms with Crippen LogP contribution in [0.25, 0.3) is 11.2 Å². The number of piperazine rings is 1. The number of aromatic nitrogens is 4. The summed E-state index contributed by atoms with van der Waals surface area (Å²) in [6, 6.07) is 5.16. The fourth-order valence-electron chi connectivity index (χ4n) is 4.43. The molecule has 9 heteroatoms. The fourth-order valence-corrected chi connectivity index (χ4v) is 4.43. The smallest absolute Gasteiger partial charge is 0.165 e. The van der Waals surface area contributed by atoms with Gasteiger partial charge in [0.1, 0.15) is 6.33 Å². The lowest BCUT2D eigenvalue weighted by atomic mass is 10.2. The van der Waals surface area contributed by atoms with Crippen molar-refractivity contribution >= 4 is 17.0 Å². The maximum Gasteiger partial charge on any atom is 0.165 e. The molecule has 8 nitrogen and oxygen atoms in total. The minimum atomic E-state index is -0.319. The molecule has 0 radical (unpaired) electrons. The highest BCUT2D eigenvalue weighted by Crippen LogP contribution is 2.25. The first-order valence-corrected chi connectivity index (χ1v) is 10.8. The van der Waals surface area contributed by atoms with Gasteiger partial charge < -0.3 is 18.9 Å². The zero-order valence-corrected chi connectivity index (χ0v) is 17.7. The molecule has 2 saturated heterocycles. The number of ether oxygens (including phenoxy) is 2. The maximum absolute atomic E-state index is 14.0. The predicted octanol–water partition coefficient (Wildman–Crippen LogP) is 2.48. The fraction of sp³-hybridized carbons (Fsp3) is 0.500. The number of imidazole rings is 1. The van der Waals surface area contributed by atoms with E-state index < -0.39 is 0 Å². The van der Waals surface area contributed by atoms with Crippen molar-refractivity contribution in [2.24, 2.45) is 0 Å². The van der Waals surface area contributed by atoms with Crippen LogP contribution in [0.4, 0.5) is 10.2 Å². The second-order valence-electron chi connectivity index (χ2n) is 8.13. The van der Waals surface area contributed by atoms with Gasteiger partial charge in [-0.15, -0.1) is 0 Å². The Labute approximate surface area is 180 Å². The lowest BCUT2D eigenvalue weighted by Gasteiger charge is -2.35. The molecule has 2 aliphatic rings. The number of benzene rings is 1. The molecule has 1 aromatic carbocycles. The van der Waals surface area contributed by atoms with Crippen LogP contribution in [0.3, 0.4) is 0 Å². The van der Waals surface area contributed by atoms with Gasteiger partial charge in [-0.1, -0.05) is 6.07 Å². The van der Waals surface area contributed by atoms with Crippen LogP contribution in [0.1, 0.15) is 18.4 Å². The van der Waals surface area contributed by atoms with E-state index in [2.05, 4.69) is 29.3 Å². The Kier molecular flexibility index (Phi) is 5.69. The van der Waals surface area contributed by atoms with Crippen molar-refractivity contribution < 1.29 is 13.9 Å². The first kappa shape index (κ1) is 20.1. The number of fused-ring (bicyclic) bond motifs is 1. The highest BCUT2D eigenvalue weighted by molar-refractivity contribution is 5.83. The first-order chi connectivity index (χ1) is 15.2. The van der Waals surface area contributed by atoms with E-state index >= 15 is 0 Å². The van der Waals surface area contributed by atoms with E-state index in [9.17, 15) is 4.39 Å². The summed E-state index contributed by atoms with van der Waals surface area (Å²) in [5, 5.41) is 0. The van der Waals surface area contributed by atoms with Crippen molar-refractivity contribution in [2.45, 2.75) is 32.0 Å². The van der Waals surface area contributed by atoms with Crippen LogP contribution >= 0.6 is 0 Å². The van der Waals surface area contributed by atoms with Gasteiger partial charge in [-0.3, -0.25) is 4.90 Å². The second-order valence-corrected chi connectivity index (χ2v) is 8.13. The largest absolute Gasteiger partial charge is 0.494 e. The van der Waals surface area contributed by atoms with E-state index in [1.165, 1.54) is 7.11 Å². The Hall–Kier alpha value is -2.78. The van der Waals surface area contributed by atoms with Crippen LogP contribution in [0.15, 0.2) is 30.9 Å². The molecule has 0 spiro atoms. The topological polar surface area (TPSA) is 68.5 Å². The lowest BCUT2D eigenvalue weighted by Crippen LogP contribution is -2.46. The van der Waals surface area contributed by atoms with E-state index in [-0.39, 0.29) is 17.7 Å². The van der Waals surface area contributed by atoms with Gasteiger partial charge in [0, 0.05) is 39.3 Å². The molecule has 0 amide bonds. The van der Waals surface area contributed by atoms with Crippen molar-refractivity contribution in [3.8, 4) is 5.75 Å². The molecule has 31 heavy (non-hydrogen) atoms. The Morgan fingerprint density at radius 1 is 1.16 bits per heavy atom. The van der Waals surface area contributed by atoms with Crippen molar-refractivity contribution in [1.29, 1.82) is 0 Å². The van der Waals surface area contributed by atoms with E-state index in [0.717, 1.165) is 74.7 Å². The van der Waals surface area contributed by atoms with Crippen LogP contribution in [0.2, 0.25) is 0 Å². The highest BCUT2D eigenvalue weighted by Gasteiger charge is 2.23. The summed E-state index contributed by atoms with van der Waals surface area (Å²) in [5.74, 6) is 0.840. The van der Waals surface area contributed by atoms with Crippen LogP contribution in [-0.4, -0.2) is 70.4 Å². The van der Waals surface area contributed by atoms with Crippen molar-refractivity contribution in [1.82, 2.24) is 24.4 Å². The number of methoxy groups -OCH3 is 1. The summed E-state index contributed by atoms with van der Waals surface area (Å²) >= 11 is 0. The third kappa shape index (κ3) is 4.20. The monoisotopic (exact) mass is 426 g/mol. The molecule has 0 bridgehead atoms. The van der Waals surface area contributed by atoms with Gasteiger partial charge in [0.15, 0.2) is 28.5 Å². The Morgan fingerprint density at radius 3 is 2.77 bits per heavy atom. The molecule has 3 aromatic rings. The summed E-state index contributed by atoms with van der Waals surface area (Å²) < 4.78 is 26.8. The van der Waals surface area contributed by atoms with Gasteiger partial charge in [-0.05, 0) is 30.5 Å². The number of halogens is 1. The minimum Gasteiger partial charge on any atom is -0.494 e. The van der Waals surface area contributed by atoms with Crippen LogP contribution in [0.5, 0.6) is 5.75 Å². The standard InChI is InChI=1S/C22H27FN6O2/c1-30-19-5-4-16(11-18(19)23)12-27-6-8-28(9-7-27)21-20-22(25-14-24-21)29(15-26-20)13-17-3-2-10-31-17/h4-5,11,14-15,17H,2-3,6-10,12-13H2,1H3. The van der Waals surface area contributed by atoms with E-state index in [1.54, 1.807) is 18.5 Å². The molecule has 1 unspecified atom stereocenters. The third-order valence-electron chi connectivity index (χ3n) is 6.10. The molecule has 4 heterocycles. The molecule has 0 N–H and O–H groups in total. The van der Waals surface area contributed by atoms with Gasteiger partial charge >= 0.3 is 0 Å². The quantitative estimate of drug-likeness (QED) is 0.600. The van der Waals surface area contributed by atoms with Gasteiger partial charge in [0.2, 0.25) is 0 Å². The number of rotatable bonds is 6. The molecule has 5 rings (SSSR count). The summed E-state index contributed by atoms with van der Waals surface area (Å²) in [6.07, 6.45) is 5.90. The van der Waals surface area contributed by atoms with E-state index in [1.807, 2.05) is 12.4 Å². The maximum atomic E-state index is 14.0. The van der Waals surface area contributed by atoms with E-state index in [0.29, 0.717) is 6.54 Å². The molecule has 2 fully saturated rings. The molecule has 164 valence electrons. The molecule has 2 aromatic heterocycles. The molecule has 0 aliphatic carbocycles. The molecular formula is C22H27FN6O2. The summed E-state index contributed by atoms with van der Waals surface area (Å²) in [6.45, 7) is 5.74. The molecular weight excluding hydrogens is 399 g/mol. The number of hydrogen-bond acceptors (Lipinski definition) is 7. The highest BCUT2D eigenvalue weighted by atomic mass is 19.1.